The van der Waals surface area contributed by atoms with Gasteiger partial charge in [-0.25, -0.2) is 0 Å². The predicted molar refractivity (Wildman–Crippen MR) is 188 cm³/mol. The molecule has 0 spiro atoms. The van der Waals surface area contributed by atoms with Gasteiger partial charge in [-0.2, -0.15) is 0 Å². The normalized spacial score (nSPS) is 37.6. The third-order valence-electron chi connectivity index (χ3n) is 13.2. The Labute approximate surface area is 265 Å². The van der Waals surface area contributed by atoms with Crippen LogP contribution in [-0.2, 0) is 4.57 Å². The summed E-state index contributed by atoms with van der Waals surface area (Å²) < 4.78 is 15.7. The molecule has 1 heterocycles. The zero-order valence-corrected chi connectivity index (χ0v) is 29.2. The number of benzene rings is 2. The fraction of sp³-hybridized carbons (Fsp3) is 0.692. The summed E-state index contributed by atoms with van der Waals surface area (Å²) in [4.78, 5) is 0. The molecule has 43 heavy (non-hydrogen) atoms. The molecular weight excluding hydrogens is 560 g/mol. The highest BCUT2D eigenvalue weighted by Crippen LogP contribution is 2.72. The summed E-state index contributed by atoms with van der Waals surface area (Å²) >= 11 is 0. The fourth-order valence-electron chi connectivity index (χ4n) is 11.1. The van der Waals surface area contributed by atoms with Gasteiger partial charge in [-0.3, -0.25) is 5.50 Å². The van der Waals surface area contributed by atoms with E-state index in [-0.39, 0.29) is 16.2 Å². The first-order valence-corrected chi connectivity index (χ1v) is 21.3. The molecule has 4 heteroatoms. The highest BCUT2D eigenvalue weighted by Gasteiger charge is 2.61. The van der Waals surface area contributed by atoms with Crippen LogP contribution in [0.2, 0.25) is 0 Å². The van der Waals surface area contributed by atoms with Gasteiger partial charge in [0.05, 0.1) is 0 Å². The molecule has 6 rings (SSSR count). The van der Waals surface area contributed by atoms with E-state index < -0.39 is 15.2 Å². The lowest BCUT2D eigenvalue weighted by molar-refractivity contribution is 0.138. The largest absolute Gasteiger partial charge is 0.306 e. The maximum absolute atomic E-state index is 15.7. The van der Waals surface area contributed by atoms with Gasteiger partial charge in [-0.1, -0.05) is 146 Å². The smallest absolute Gasteiger partial charge is 0.154 e. The van der Waals surface area contributed by atoms with Gasteiger partial charge in [0.25, 0.3) is 0 Å². The highest BCUT2D eigenvalue weighted by molar-refractivity contribution is 7.73. The topological polar surface area (TPSA) is 43.1 Å². The van der Waals surface area contributed by atoms with Gasteiger partial charge in [-0.15, -0.1) is 0 Å². The summed E-state index contributed by atoms with van der Waals surface area (Å²) in [6.07, 6.45) is 20.9. The van der Waals surface area contributed by atoms with Crippen molar-refractivity contribution in [3.05, 3.63) is 60.7 Å². The quantitative estimate of drug-likeness (QED) is 0.346. The lowest BCUT2D eigenvalue weighted by Crippen LogP contribution is -2.50. The van der Waals surface area contributed by atoms with Gasteiger partial charge in [0.2, 0.25) is 0 Å². The van der Waals surface area contributed by atoms with Crippen LogP contribution in [-0.4, -0.2) is 16.5 Å². The van der Waals surface area contributed by atoms with Crippen LogP contribution in [0.15, 0.2) is 60.7 Å². The van der Waals surface area contributed by atoms with E-state index in [1.807, 2.05) is 0 Å². The van der Waals surface area contributed by atoms with Crippen LogP contribution >= 0.6 is 15.2 Å². The van der Waals surface area contributed by atoms with Crippen molar-refractivity contribution in [2.24, 2.45) is 34.6 Å². The number of hydrogen-bond acceptors (Lipinski definition) is 1. The second kappa shape index (κ2) is 13.4. The average molecular weight is 620 g/mol. The van der Waals surface area contributed by atoms with Crippen molar-refractivity contribution in [2.45, 2.75) is 140 Å². The monoisotopic (exact) mass is 619 g/mol. The molecule has 8 atom stereocenters. The van der Waals surface area contributed by atoms with Crippen molar-refractivity contribution >= 4 is 25.8 Å². The van der Waals surface area contributed by atoms with E-state index in [4.69, 9.17) is 5.50 Å². The van der Waals surface area contributed by atoms with Gasteiger partial charge in [0, 0.05) is 10.8 Å². The maximum atomic E-state index is 15.7. The van der Waals surface area contributed by atoms with E-state index in [1.165, 1.54) is 101 Å². The van der Waals surface area contributed by atoms with Gasteiger partial charge in [0.1, 0.15) is 0 Å². The Morgan fingerprint density at radius 2 is 1.28 bits per heavy atom. The predicted octanol–water partition coefficient (Wildman–Crippen LogP) is 10.6. The molecule has 3 aliphatic carbocycles. The molecule has 2 aromatic carbocycles. The van der Waals surface area contributed by atoms with Crippen LogP contribution in [0.1, 0.15) is 124 Å². The fourth-order valence-corrected chi connectivity index (χ4v) is 17.6. The lowest BCUT2D eigenvalue weighted by atomic mass is 9.67. The van der Waals surface area contributed by atoms with Gasteiger partial charge in [0.15, 0.2) is 7.29 Å². The highest BCUT2D eigenvalue weighted by atomic mass is 31.2. The first-order chi connectivity index (χ1) is 20.8. The molecule has 3 saturated carbocycles. The molecule has 4 aliphatic rings. The first kappa shape index (κ1) is 32.0. The third-order valence-corrected chi connectivity index (χ3v) is 19.9. The summed E-state index contributed by atoms with van der Waals surface area (Å²) in [7, 11) is -3.64. The van der Waals surface area contributed by atoms with E-state index >= 15 is 4.57 Å². The van der Waals surface area contributed by atoms with E-state index in [1.54, 1.807) is 0 Å². The van der Waals surface area contributed by atoms with Crippen molar-refractivity contribution in [2.75, 3.05) is 0 Å². The molecule has 4 fully saturated rings. The third kappa shape index (κ3) is 6.13. The Morgan fingerprint density at radius 1 is 0.721 bits per heavy atom. The summed E-state index contributed by atoms with van der Waals surface area (Å²) in [5, 5.41) is 2.63. The molecule has 2 N–H and O–H groups in total. The SMILES string of the molecule is CC(P(c1ccccc1)c1ccccc1)C12CCCC1P(N)(=O)C(C)(C)CC1CCCC1C1CCCCCC2CCCC1. The molecule has 1 aliphatic heterocycles. The van der Waals surface area contributed by atoms with Gasteiger partial charge >= 0.3 is 0 Å². The van der Waals surface area contributed by atoms with Crippen molar-refractivity contribution in [3.63, 3.8) is 0 Å². The summed E-state index contributed by atoms with van der Waals surface area (Å²) in [5.74, 6) is 3.01. The standard InChI is InChI=1S/C39H59NOP2/c1-30(42(34-22-9-5-10-23-34)35-24-11-6-12-25-35)39-28-16-27-37(39)43(40,41)38(2,3)29-32-19-15-26-36(32)31-17-7-4-8-20-33(39)21-14-13-18-31/h5-6,9-12,22-25,30-33,36-37H,4,7-8,13-21,26-29H2,1-3H3,(H2,40,41). The molecule has 2 aromatic rings. The molecule has 0 aromatic heterocycles. The number of rotatable bonds is 4. The molecule has 2 bridgehead atoms. The van der Waals surface area contributed by atoms with Crippen molar-refractivity contribution in [3.8, 4) is 0 Å². The van der Waals surface area contributed by atoms with E-state index in [0.717, 1.165) is 24.7 Å². The Kier molecular flexibility index (Phi) is 10.00. The van der Waals surface area contributed by atoms with E-state index in [9.17, 15) is 0 Å². The molecule has 0 radical (unpaired) electrons. The van der Waals surface area contributed by atoms with Gasteiger partial charge in [-0.05, 0) is 91.8 Å². The molecular formula is C39H59NOP2. The summed E-state index contributed by atoms with van der Waals surface area (Å²) in [5.41, 5.74) is 8.13. The zero-order chi connectivity index (χ0) is 30.1. The van der Waals surface area contributed by atoms with Crippen molar-refractivity contribution < 1.29 is 4.57 Å². The van der Waals surface area contributed by atoms with Crippen molar-refractivity contribution in [1.29, 1.82) is 0 Å². The number of hydrogen-bond donors (Lipinski definition) is 1. The molecule has 1 saturated heterocycles. The molecule has 0 amide bonds. The second-order valence-corrected chi connectivity index (χ2v) is 21.5. The Hall–Kier alpha value is -0.940. The second-order valence-electron chi connectivity index (χ2n) is 15.7. The van der Waals surface area contributed by atoms with Gasteiger partial charge < -0.3 is 4.57 Å². The lowest BCUT2D eigenvalue weighted by Gasteiger charge is -2.53. The first-order valence-electron chi connectivity index (χ1n) is 18.0. The van der Waals surface area contributed by atoms with E-state index in [0.29, 0.717) is 17.5 Å². The summed E-state index contributed by atoms with van der Waals surface area (Å²) in [6.45, 7) is 7.26. The maximum Gasteiger partial charge on any atom is 0.154 e. The van der Waals surface area contributed by atoms with Crippen LogP contribution in [0.4, 0.5) is 0 Å². The van der Waals surface area contributed by atoms with Crippen LogP contribution < -0.4 is 16.1 Å². The minimum Gasteiger partial charge on any atom is -0.306 e. The minimum atomic E-state index is -3.01. The summed E-state index contributed by atoms with van der Waals surface area (Å²) in [6, 6.07) is 22.7. The zero-order valence-electron chi connectivity index (χ0n) is 27.4. The number of fused-ring (bicyclic) bond motifs is 9. The Morgan fingerprint density at radius 3 is 1.93 bits per heavy atom. The molecule has 2 nitrogen and oxygen atoms in total. The van der Waals surface area contributed by atoms with E-state index in [2.05, 4.69) is 81.4 Å². The van der Waals surface area contributed by atoms with Crippen LogP contribution in [0.3, 0.4) is 0 Å². The minimum absolute atomic E-state index is 0.0233. The molecule has 8 unspecified atom stereocenters. The Bertz CT molecular complexity index is 1190. The number of nitrogens with two attached hydrogens (primary N) is 1. The average Bonchev–Trinajstić information content (AvgIpc) is 3.64. The Balaban J connectivity index is 1.51. The van der Waals surface area contributed by atoms with Crippen LogP contribution in [0.5, 0.6) is 0 Å². The van der Waals surface area contributed by atoms with Crippen LogP contribution in [0.25, 0.3) is 0 Å². The molecule has 236 valence electrons. The van der Waals surface area contributed by atoms with Crippen molar-refractivity contribution in [1.82, 2.24) is 0 Å². The van der Waals surface area contributed by atoms with Crippen LogP contribution in [0, 0.1) is 29.1 Å².